The Morgan fingerprint density at radius 2 is 1.47 bits per heavy atom. The highest BCUT2D eigenvalue weighted by molar-refractivity contribution is 7.91. The number of nitrogens with zero attached hydrogens (tertiary/aromatic N) is 2. The first-order chi connectivity index (χ1) is 25.8. The van der Waals surface area contributed by atoms with Crippen LogP contribution in [-0.4, -0.2) is 103 Å². The van der Waals surface area contributed by atoms with Crippen LogP contribution in [0.2, 0.25) is 0 Å². The fraction of sp³-hybridized carbons (Fsp3) is 0.571. The summed E-state index contributed by atoms with van der Waals surface area (Å²) in [6.07, 6.45) is 3.02. The van der Waals surface area contributed by atoms with Crippen LogP contribution in [-0.2, 0) is 33.9 Å². The van der Waals surface area contributed by atoms with Crippen molar-refractivity contribution in [2.75, 3.05) is 26.2 Å². The minimum Gasteiger partial charge on any atom is -0.459 e. The molecule has 4 fully saturated rings. The Morgan fingerprint density at radius 1 is 0.909 bits per heavy atom. The highest BCUT2D eigenvalue weighted by Gasteiger charge is 2.62. The van der Waals surface area contributed by atoms with Crippen LogP contribution in [0.25, 0.3) is 0 Å². The predicted octanol–water partition coefficient (Wildman–Crippen LogP) is 3.85. The van der Waals surface area contributed by atoms with Crippen molar-refractivity contribution >= 4 is 33.7 Å². The molecule has 298 valence electrons. The first-order valence-corrected chi connectivity index (χ1v) is 21.0. The van der Waals surface area contributed by atoms with Crippen molar-refractivity contribution in [3.05, 3.63) is 84.4 Å². The molecule has 3 amide bonds. The monoisotopic (exact) mass is 775 g/mol. The van der Waals surface area contributed by atoms with E-state index in [1.807, 2.05) is 57.2 Å². The lowest BCUT2D eigenvalue weighted by molar-refractivity contribution is -0.154. The van der Waals surface area contributed by atoms with Crippen molar-refractivity contribution in [3.63, 3.8) is 0 Å². The molecule has 4 aliphatic rings. The van der Waals surface area contributed by atoms with Crippen molar-refractivity contribution in [2.24, 2.45) is 11.3 Å². The molecule has 0 radical (unpaired) electrons. The zero-order valence-electron chi connectivity index (χ0n) is 32.9. The number of benzene rings is 2. The molecular formula is C42H57N5O7S. The van der Waals surface area contributed by atoms with E-state index >= 15 is 0 Å². The topological polar surface area (TPSA) is 154 Å². The van der Waals surface area contributed by atoms with Crippen molar-refractivity contribution in [3.8, 4) is 0 Å². The van der Waals surface area contributed by atoms with E-state index in [0.717, 1.165) is 0 Å². The molecule has 2 aromatic carbocycles. The lowest BCUT2D eigenvalue weighted by Gasteiger charge is -2.36. The van der Waals surface area contributed by atoms with E-state index in [1.54, 1.807) is 31.7 Å². The summed E-state index contributed by atoms with van der Waals surface area (Å²) < 4.78 is 33.3. The molecular weight excluding hydrogens is 719 g/mol. The Bertz CT molecular complexity index is 1820. The van der Waals surface area contributed by atoms with Crippen LogP contribution in [0.15, 0.2) is 73.3 Å². The summed E-state index contributed by atoms with van der Waals surface area (Å²) in [6, 6.07) is 18.8. The SMILES string of the molecule is C=C[C@@H]1C[C@]1(NC(=O)[C@@H]1C[C@@H](N2C[C@@H](c3ccccc3)[C@H](c3ccccc3)C2)CN1C(=O)[C@@H](NCC(=O)OC(C)(C)C)C(C)(C)C)C(=O)NS(=O)(=O)C1CC1. The van der Waals surface area contributed by atoms with Crippen molar-refractivity contribution < 1.29 is 32.3 Å². The Morgan fingerprint density at radius 3 is 1.95 bits per heavy atom. The second-order valence-corrected chi connectivity index (χ2v) is 19.8. The van der Waals surface area contributed by atoms with Crippen LogP contribution < -0.4 is 15.4 Å². The molecule has 7 atom stereocenters. The Balaban J connectivity index is 1.29. The molecule has 0 unspecified atom stereocenters. The molecule has 0 spiro atoms. The van der Waals surface area contributed by atoms with E-state index in [0.29, 0.717) is 32.4 Å². The predicted molar refractivity (Wildman–Crippen MR) is 210 cm³/mol. The van der Waals surface area contributed by atoms with Crippen LogP contribution >= 0.6 is 0 Å². The third kappa shape index (κ3) is 9.16. The van der Waals surface area contributed by atoms with Gasteiger partial charge in [0.05, 0.1) is 17.8 Å². The number of hydrogen-bond acceptors (Lipinski definition) is 9. The molecule has 2 saturated heterocycles. The number of carbonyl (C=O) groups excluding carboxylic acids is 4. The van der Waals surface area contributed by atoms with Gasteiger partial charge in [-0.15, -0.1) is 6.58 Å². The second kappa shape index (κ2) is 15.5. The van der Waals surface area contributed by atoms with Gasteiger partial charge >= 0.3 is 5.97 Å². The lowest BCUT2D eigenvalue weighted by Crippen LogP contribution is -2.60. The summed E-state index contributed by atoms with van der Waals surface area (Å²) in [6.45, 7) is 16.3. The summed E-state index contributed by atoms with van der Waals surface area (Å²) in [7, 11) is -3.87. The first-order valence-electron chi connectivity index (χ1n) is 19.4. The summed E-state index contributed by atoms with van der Waals surface area (Å²) in [5.74, 6) is -2.27. The average Bonchev–Trinajstić information content (AvgIpc) is 4.00. The number of esters is 1. The molecule has 0 bridgehead atoms. The third-order valence-corrected chi connectivity index (χ3v) is 13.2. The lowest BCUT2D eigenvalue weighted by atomic mass is 9.84. The number of carbonyl (C=O) groups is 4. The fourth-order valence-electron chi connectivity index (χ4n) is 8.29. The molecule has 2 aliphatic carbocycles. The standard InChI is InChI=1S/C42H57N5O7S/c1-8-29-22-42(29,39(51)45-55(52,53)31-19-20-31)44-37(49)34-21-30(24-47(34)38(50)36(40(2,3)4)43-23-35(48)54-41(5,6)7)46-25-32(27-15-11-9-12-16-27)33(26-46)28-17-13-10-14-18-28/h8-18,29-34,36,43H,1,19-26H2,2-7H3,(H,44,49)(H,45,51)/t29-,30-,32+,33+,34+,36-,42-/m1/s1. The first kappa shape index (κ1) is 40.6. The molecule has 13 heteroatoms. The largest absolute Gasteiger partial charge is 0.459 e. The maximum absolute atomic E-state index is 14.8. The smallest absolute Gasteiger partial charge is 0.320 e. The average molecular weight is 776 g/mol. The van der Waals surface area contributed by atoms with Gasteiger partial charge in [0.1, 0.15) is 17.2 Å². The van der Waals surface area contributed by atoms with E-state index in [9.17, 15) is 27.6 Å². The number of likely N-dealkylation sites (tertiary alicyclic amines) is 2. The number of rotatable bonds is 13. The number of sulfonamides is 1. The van der Waals surface area contributed by atoms with Gasteiger partial charge in [-0.25, -0.2) is 8.42 Å². The van der Waals surface area contributed by atoms with Gasteiger partial charge in [0.2, 0.25) is 21.8 Å². The minimum atomic E-state index is -3.87. The van der Waals surface area contributed by atoms with Crippen LogP contribution in [0.4, 0.5) is 0 Å². The summed E-state index contributed by atoms with van der Waals surface area (Å²) in [5.41, 5.74) is -0.419. The van der Waals surface area contributed by atoms with Gasteiger partial charge in [-0.05, 0) is 63.0 Å². The molecule has 0 aromatic heterocycles. The van der Waals surface area contributed by atoms with E-state index in [4.69, 9.17) is 4.74 Å². The molecule has 2 saturated carbocycles. The van der Waals surface area contributed by atoms with Gasteiger partial charge < -0.3 is 15.0 Å². The summed E-state index contributed by atoms with van der Waals surface area (Å²) in [5, 5.41) is 5.44. The zero-order chi connectivity index (χ0) is 39.9. The normalized spacial score (nSPS) is 27.6. The molecule has 6 rings (SSSR count). The van der Waals surface area contributed by atoms with E-state index < -0.39 is 67.6 Å². The Kier molecular flexibility index (Phi) is 11.4. The van der Waals surface area contributed by atoms with Gasteiger partial charge in [-0.3, -0.25) is 34.1 Å². The molecule has 55 heavy (non-hydrogen) atoms. The highest BCUT2D eigenvalue weighted by atomic mass is 32.2. The van der Waals surface area contributed by atoms with Crippen molar-refractivity contribution in [1.82, 2.24) is 25.2 Å². The van der Waals surface area contributed by atoms with E-state index in [-0.39, 0.29) is 43.3 Å². The maximum atomic E-state index is 14.8. The molecule has 2 aliphatic heterocycles. The van der Waals surface area contributed by atoms with Crippen molar-refractivity contribution in [1.29, 1.82) is 0 Å². The number of amides is 3. The van der Waals surface area contributed by atoms with Crippen LogP contribution in [0.5, 0.6) is 0 Å². The minimum absolute atomic E-state index is 0.179. The van der Waals surface area contributed by atoms with E-state index in [1.165, 1.54) is 11.1 Å². The van der Waals surface area contributed by atoms with Gasteiger partial charge in [-0.2, -0.15) is 0 Å². The maximum Gasteiger partial charge on any atom is 0.320 e. The van der Waals surface area contributed by atoms with Crippen LogP contribution in [0.1, 0.15) is 90.2 Å². The molecule has 2 aromatic rings. The fourth-order valence-corrected chi connectivity index (χ4v) is 9.65. The highest BCUT2D eigenvalue weighted by Crippen LogP contribution is 2.46. The summed E-state index contributed by atoms with van der Waals surface area (Å²) in [4.78, 5) is 59.7. The van der Waals surface area contributed by atoms with E-state index in [2.05, 4.69) is 51.1 Å². The zero-order valence-corrected chi connectivity index (χ0v) is 33.7. The molecule has 3 N–H and O–H groups in total. The van der Waals surface area contributed by atoms with Crippen LogP contribution in [0, 0.1) is 11.3 Å². The third-order valence-electron chi connectivity index (χ3n) is 11.4. The number of nitrogens with one attached hydrogen (secondary N) is 3. The molecule has 12 nitrogen and oxygen atoms in total. The van der Waals surface area contributed by atoms with Crippen molar-refractivity contribution in [2.45, 2.75) is 114 Å². The van der Waals surface area contributed by atoms with Crippen LogP contribution in [0.3, 0.4) is 0 Å². The summed E-state index contributed by atoms with van der Waals surface area (Å²) >= 11 is 0. The van der Waals surface area contributed by atoms with Gasteiger partial charge in [0.15, 0.2) is 0 Å². The Hall–Kier alpha value is -4.07. The quantitative estimate of drug-likeness (QED) is 0.204. The van der Waals surface area contributed by atoms with Gasteiger partial charge in [0, 0.05) is 43.4 Å². The number of ether oxygens (including phenoxy) is 1. The van der Waals surface area contributed by atoms with Gasteiger partial charge in [0.25, 0.3) is 5.91 Å². The molecule has 2 heterocycles. The van der Waals surface area contributed by atoms with Gasteiger partial charge in [-0.1, -0.05) is 87.5 Å². The Labute approximate surface area is 325 Å². The number of hydrogen-bond donors (Lipinski definition) is 3. The second-order valence-electron chi connectivity index (χ2n) is 17.8.